The molecule has 0 unspecified atom stereocenters. The van der Waals surface area contributed by atoms with Crippen LogP contribution >= 0.6 is 0 Å². The van der Waals surface area contributed by atoms with Crippen LogP contribution in [0.4, 0.5) is 5.69 Å². The molecule has 1 atom stereocenters. The molecule has 16 heavy (non-hydrogen) atoms. The molecule has 4 nitrogen and oxygen atoms in total. The normalized spacial score (nSPS) is 12.3. The molecule has 82 valence electrons. The van der Waals surface area contributed by atoms with Crippen molar-refractivity contribution in [2.45, 2.75) is 13.0 Å². The smallest absolute Gasteiger partial charge is 0.325 e. The Kier molecular flexibility index (Phi) is 2.72. The quantitative estimate of drug-likeness (QED) is 0.824. The number of rotatable bonds is 3. The molecule has 1 aromatic heterocycles. The number of nitrogens with zero attached hydrogens (tertiary/aromatic N) is 1. The Morgan fingerprint density at radius 1 is 1.44 bits per heavy atom. The fourth-order valence-corrected chi connectivity index (χ4v) is 1.47. The molecule has 0 spiro atoms. The van der Waals surface area contributed by atoms with E-state index in [0.29, 0.717) is 0 Å². The van der Waals surface area contributed by atoms with Crippen molar-refractivity contribution in [3.05, 3.63) is 36.5 Å². The van der Waals surface area contributed by atoms with E-state index >= 15 is 0 Å². The summed E-state index contributed by atoms with van der Waals surface area (Å²) in [6.07, 6.45) is 1.72. The van der Waals surface area contributed by atoms with Gasteiger partial charge in [-0.1, -0.05) is 12.1 Å². The molecule has 0 saturated heterocycles. The number of carbonyl (C=O) groups is 1. The number of aromatic nitrogens is 1. The van der Waals surface area contributed by atoms with Gasteiger partial charge in [0.15, 0.2) is 0 Å². The minimum Gasteiger partial charge on any atom is -0.480 e. The van der Waals surface area contributed by atoms with Crippen molar-refractivity contribution in [1.82, 2.24) is 4.98 Å². The average Bonchev–Trinajstić information content (AvgIpc) is 2.28. The van der Waals surface area contributed by atoms with Crippen LogP contribution in [0.2, 0.25) is 0 Å². The van der Waals surface area contributed by atoms with Crippen LogP contribution in [0.15, 0.2) is 36.5 Å². The van der Waals surface area contributed by atoms with E-state index in [0.717, 1.165) is 16.6 Å². The van der Waals surface area contributed by atoms with Crippen molar-refractivity contribution in [3.63, 3.8) is 0 Å². The van der Waals surface area contributed by atoms with Crippen molar-refractivity contribution in [2.75, 3.05) is 5.32 Å². The highest BCUT2D eigenvalue weighted by atomic mass is 16.4. The first-order chi connectivity index (χ1) is 7.66. The first kappa shape index (κ1) is 10.4. The second-order valence-electron chi connectivity index (χ2n) is 3.62. The van der Waals surface area contributed by atoms with Crippen LogP contribution in [0, 0.1) is 0 Å². The summed E-state index contributed by atoms with van der Waals surface area (Å²) >= 11 is 0. The molecule has 0 aliphatic heterocycles. The molecule has 2 aromatic rings. The number of carboxylic acids is 1. The maximum Gasteiger partial charge on any atom is 0.325 e. The SMILES string of the molecule is C[C@H](Nc1ccc2cccnc2c1)C(=O)O. The van der Waals surface area contributed by atoms with Crippen LogP contribution in [0.3, 0.4) is 0 Å². The van der Waals surface area contributed by atoms with E-state index in [1.807, 2.05) is 30.3 Å². The van der Waals surface area contributed by atoms with Crippen LogP contribution in [0.5, 0.6) is 0 Å². The van der Waals surface area contributed by atoms with E-state index in [1.165, 1.54) is 0 Å². The molecule has 0 amide bonds. The number of hydrogen-bond donors (Lipinski definition) is 2. The van der Waals surface area contributed by atoms with Gasteiger partial charge in [0, 0.05) is 17.3 Å². The lowest BCUT2D eigenvalue weighted by atomic mass is 10.2. The van der Waals surface area contributed by atoms with Crippen LogP contribution in [0.1, 0.15) is 6.92 Å². The molecule has 0 aliphatic carbocycles. The van der Waals surface area contributed by atoms with Gasteiger partial charge in [-0.15, -0.1) is 0 Å². The third-order valence-corrected chi connectivity index (χ3v) is 2.36. The predicted molar refractivity (Wildman–Crippen MR) is 62.5 cm³/mol. The van der Waals surface area contributed by atoms with Crippen LogP contribution < -0.4 is 5.32 Å². The third kappa shape index (κ3) is 2.11. The van der Waals surface area contributed by atoms with Crippen LogP contribution in [-0.4, -0.2) is 22.1 Å². The molecule has 2 N–H and O–H groups in total. The van der Waals surface area contributed by atoms with Crippen molar-refractivity contribution >= 4 is 22.6 Å². The molecule has 0 radical (unpaired) electrons. The second-order valence-corrected chi connectivity index (χ2v) is 3.62. The molecule has 1 aromatic carbocycles. The third-order valence-electron chi connectivity index (χ3n) is 2.36. The highest BCUT2D eigenvalue weighted by Gasteiger charge is 2.09. The number of fused-ring (bicyclic) bond motifs is 1. The summed E-state index contributed by atoms with van der Waals surface area (Å²) in [7, 11) is 0. The van der Waals surface area contributed by atoms with Crippen molar-refractivity contribution in [3.8, 4) is 0 Å². The number of pyridine rings is 1. The Morgan fingerprint density at radius 3 is 3.00 bits per heavy atom. The summed E-state index contributed by atoms with van der Waals surface area (Å²) in [5.41, 5.74) is 1.62. The summed E-state index contributed by atoms with van der Waals surface area (Å²) in [5, 5.41) is 12.7. The Hall–Kier alpha value is -2.10. The van der Waals surface area contributed by atoms with Gasteiger partial charge in [-0.25, -0.2) is 0 Å². The van der Waals surface area contributed by atoms with Crippen LogP contribution in [-0.2, 0) is 4.79 Å². The summed E-state index contributed by atoms with van der Waals surface area (Å²) in [6.45, 7) is 1.60. The lowest BCUT2D eigenvalue weighted by Gasteiger charge is -2.10. The van der Waals surface area contributed by atoms with Gasteiger partial charge in [-0.3, -0.25) is 9.78 Å². The van der Waals surface area contributed by atoms with Gasteiger partial charge < -0.3 is 10.4 Å². The number of hydrogen-bond acceptors (Lipinski definition) is 3. The summed E-state index contributed by atoms with van der Waals surface area (Å²) in [4.78, 5) is 14.9. The molecular formula is C12H12N2O2. The van der Waals surface area contributed by atoms with Crippen molar-refractivity contribution in [2.24, 2.45) is 0 Å². The number of aliphatic carboxylic acids is 1. The van der Waals surface area contributed by atoms with Crippen molar-refractivity contribution < 1.29 is 9.90 Å². The lowest BCUT2D eigenvalue weighted by Crippen LogP contribution is -2.25. The average molecular weight is 216 g/mol. The monoisotopic (exact) mass is 216 g/mol. The highest BCUT2D eigenvalue weighted by molar-refractivity contribution is 5.83. The van der Waals surface area contributed by atoms with Gasteiger partial charge in [-0.2, -0.15) is 0 Å². The van der Waals surface area contributed by atoms with Gasteiger partial charge in [0.2, 0.25) is 0 Å². The fraction of sp³-hybridized carbons (Fsp3) is 0.167. The zero-order valence-corrected chi connectivity index (χ0v) is 8.84. The molecular weight excluding hydrogens is 204 g/mol. The largest absolute Gasteiger partial charge is 0.480 e. The van der Waals surface area contributed by atoms with E-state index in [2.05, 4.69) is 10.3 Å². The molecule has 2 rings (SSSR count). The summed E-state index contributed by atoms with van der Waals surface area (Å²) in [5.74, 6) is -0.874. The number of anilines is 1. The van der Waals surface area contributed by atoms with E-state index in [-0.39, 0.29) is 0 Å². The van der Waals surface area contributed by atoms with Gasteiger partial charge in [0.05, 0.1) is 5.52 Å². The predicted octanol–water partition coefficient (Wildman–Crippen LogP) is 2.12. The van der Waals surface area contributed by atoms with Gasteiger partial charge >= 0.3 is 5.97 Å². The first-order valence-corrected chi connectivity index (χ1v) is 5.01. The van der Waals surface area contributed by atoms with Crippen molar-refractivity contribution in [1.29, 1.82) is 0 Å². The van der Waals surface area contributed by atoms with Gasteiger partial charge in [0.25, 0.3) is 0 Å². The second kappa shape index (κ2) is 4.18. The standard InChI is InChI=1S/C12H12N2O2/c1-8(12(15)16)14-10-5-4-9-3-2-6-13-11(9)7-10/h2-8,14H,1H3,(H,15,16)/t8-/m0/s1. The molecule has 0 bridgehead atoms. The van der Waals surface area contributed by atoms with E-state index in [1.54, 1.807) is 13.1 Å². The first-order valence-electron chi connectivity index (χ1n) is 5.01. The zero-order valence-electron chi connectivity index (χ0n) is 8.84. The Morgan fingerprint density at radius 2 is 2.25 bits per heavy atom. The number of nitrogens with one attached hydrogen (secondary N) is 1. The molecule has 0 fully saturated rings. The lowest BCUT2D eigenvalue weighted by molar-refractivity contribution is -0.137. The minimum absolute atomic E-state index is 0.610. The maximum absolute atomic E-state index is 10.7. The molecule has 0 saturated carbocycles. The Labute approximate surface area is 92.9 Å². The van der Waals surface area contributed by atoms with E-state index < -0.39 is 12.0 Å². The van der Waals surface area contributed by atoms with Gasteiger partial charge in [0.1, 0.15) is 6.04 Å². The Bertz CT molecular complexity index is 525. The summed E-state index contributed by atoms with van der Waals surface area (Å²) < 4.78 is 0. The van der Waals surface area contributed by atoms with Gasteiger partial charge in [-0.05, 0) is 25.1 Å². The summed E-state index contributed by atoms with van der Waals surface area (Å²) in [6, 6.07) is 8.83. The zero-order chi connectivity index (χ0) is 11.5. The van der Waals surface area contributed by atoms with Crippen LogP contribution in [0.25, 0.3) is 10.9 Å². The highest BCUT2D eigenvalue weighted by Crippen LogP contribution is 2.17. The van der Waals surface area contributed by atoms with E-state index in [4.69, 9.17) is 5.11 Å². The molecule has 0 aliphatic rings. The number of carboxylic acid groups (broad SMARTS) is 1. The van der Waals surface area contributed by atoms with E-state index in [9.17, 15) is 4.79 Å². The molecule has 4 heteroatoms. The maximum atomic E-state index is 10.7. The Balaban J connectivity index is 2.29. The number of benzene rings is 1. The molecule has 1 heterocycles. The minimum atomic E-state index is -0.874. The topological polar surface area (TPSA) is 62.2 Å². The fourth-order valence-electron chi connectivity index (χ4n) is 1.47.